The number of para-hydroxylation sites is 1. The SMILES string of the molecule is C[C@H]1CN(c2ccccc2)C(=O)O1. The van der Waals surface area contributed by atoms with Gasteiger partial charge >= 0.3 is 6.09 Å². The molecule has 1 aromatic rings. The van der Waals surface area contributed by atoms with Crippen molar-refractivity contribution in [3.63, 3.8) is 0 Å². The zero-order valence-corrected chi connectivity index (χ0v) is 7.43. The number of nitrogens with zero attached hydrogens (tertiary/aromatic N) is 1. The van der Waals surface area contributed by atoms with Gasteiger partial charge in [-0.25, -0.2) is 4.79 Å². The van der Waals surface area contributed by atoms with Gasteiger partial charge in [-0.15, -0.1) is 0 Å². The van der Waals surface area contributed by atoms with E-state index in [1.165, 1.54) is 0 Å². The van der Waals surface area contributed by atoms with E-state index in [1.54, 1.807) is 4.90 Å². The molecule has 1 aromatic carbocycles. The minimum Gasteiger partial charge on any atom is -0.444 e. The predicted molar refractivity (Wildman–Crippen MR) is 49.7 cm³/mol. The van der Waals surface area contributed by atoms with Crippen molar-refractivity contribution < 1.29 is 9.53 Å². The second kappa shape index (κ2) is 3.09. The number of hydrogen-bond acceptors (Lipinski definition) is 2. The third kappa shape index (κ3) is 1.49. The van der Waals surface area contributed by atoms with Gasteiger partial charge in [-0.3, -0.25) is 4.90 Å². The van der Waals surface area contributed by atoms with E-state index in [-0.39, 0.29) is 12.2 Å². The zero-order valence-electron chi connectivity index (χ0n) is 7.43. The standard InChI is InChI=1S/C10H11NO2/c1-8-7-11(10(12)13-8)9-5-3-2-4-6-9/h2-6,8H,7H2,1H3/t8-/m0/s1. The molecule has 1 atom stereocenters. The molecule has 0 aromatic heterocycles. The van der Waals surface area contributed by atoms with Crippen LogP contribution in [-0.4, -0.2) is 18.7 Å². The lowest BCUT2D eigenvalue weighted by Crippen LogP contribution is -2.23. The van der Waals surface area contributed by atoms with E-state index in [0.717, 1.165) is 5.69 Å². The Bertz CT molecular complexity index is 310. The van der Waals surface area contributed by atoms with Crippen LogP contribution in [0.2, 0.25) is 0 Å². The van der Waals surface area contributed by atoms with E-state index in [4.69, 9.17) is 4.74 Å². The van der Waals surface area contributed by atoms with Crippen molar-refractivity contribution in [3.8, 4) is 0 Å². The third-order valence-corrected chi connectivity index (χ3v) is 2.03. The van der Waals surface area contributed by atoms with Gasteiger partial charge in [-0.2, -0.15) is 0 Å². The fourth-order valence-electron chi connectivity index (χ4n) is 1.42. The van der Waals surface area contributed by atoms with Crippen LogP contribution in [0.3, 0.4) is 0 Å². The molecule has 13 heavy (non-hydrogen) atoms. The molecule has 0 N–H and O–H groups in total. The van der Waals surface area contributed by atoms with Gasteiger partial charge in [0.15, 0.2) is 0 Å². The van der Waals surface area contributed by atoms with Crippen molar-refractivity contribution in [1.29, 1.82) is 0 Å². The molecule has 68 valence electrons. The number of carbonyl (C=O) groups is 1. The summed E-state index contributed by atoms with van der Waals surface area (Å²) in [6.07, 6.45) is -0.258. The first kappa shape index (κ1) is 8.10. The highest BCUT2D eigenvalue weighted by molar-refractivity contribution is 5.89. The number of anilines is 1. The molecule has 1 heterocycles. The molecule has 0 radical (unpaired) electrons. The highest BCUT2D eigenvalue weighted by atomic mass is 16.6. The first-order valence-electron chi connectivity index (χ1n) is 4.30. The lowest BCUT2D eigenvalue weighted by molar-refractivity contribution is 0.150. The number of ether oxygens (including phenoxy) is 1. The molecule has 2 rings (SSSR count). The largest absolute Gasteiger partial charge is 0.444 e. The minimum atomic E-state index is -0.251. The normalized spacial score (nSPS) is 21.8. The molecule has 1 amide bonds. The van der Waals surface area contributed by atoms with E-state index in [2.05, 4.69) is 0 Å². The number of carbonyl (C=O) groups excluding carboxylic acids is 1. The molecule has 0 saturated carbocycles. The van der Waals surface area contributed by atoms with Crippen LogP contribution >= 0.6 is 0 Å². The molecule has 1 fully saturated rings. The summed E-state index contributed by atoms with van der Waals surface area (Å²) in [7, 11) is 0. The molecule has 1 saturated heterocycles. The first-order chi connectivity index (χ1) is 6.27. The van der Waals surface area contributed by atoms with E-state index >= 15 is 0 Å². The Labute approximate surface area is 76.9 Å². The number of cyclic esters (lactones) is 1. The maximum absolute atomic E-state index is 11.3. The lowest BCUT2D eigenvalue weighted by atomic mass is 10.3. The Kier molecular flexibility index (Phi) is 1.93. The Morgan fingerprint density at radius 3 is 2.62 bits per heavy atom. The topological polar surface area (TPSA) is 29.5 Å². The van der Waals surface area contributed by atoms with Gasteiger partial charge in [0.05, 0.1) is 6.54 Å². The maximum Gasteiger partial charge on any atom is 0.414 e. The minimum absolute atomic E-state index is 0.00675. The summed E-state index contributed by atoms with van der Waals surface area (Å²) in [6.45, 7) is 2.53. The molecule has 3 nitrogen and oxygen atoms in total. The number of hydrogen-bond donors (Lipinski definition) is 0. The highest BCUT2D eigenvalue weighted by Crippen LogP contribution is 2.20. The van der Waals surface area contributed by atoms with Crippen LogP contribution in [-0.2, 0) is 4.74 Å². The summed E-state index contributed by atoms with van der Waals surface area (Å²) >= 11 is 0. The molecule has 1 aliphatic rings. The van der Waals surface area contributed by atoms with Crippen LogP contribution in [0.25, 0.3) is 0 Å². The average Bonchev–Trinajstić information content (AvgIpc) is 2.47. The zero-order chi connectivity index (χ0) is 9.26. The van der Waals surface area contributed by atoms with Crippen molar-refractivity contribution in [1.82, 2.24) is 0 Å². The number of amides is 1. The van der Waals surface area contributed by atoms with Crippen LogP contribution in [0, 0.1) is 0 Å². The van der Waals surface area contributed by atoms with Crippen LogP contribution in [0.4, 0.5) is 10.5 Å². The van der Waals surface area contributed by atoms with Gasteiger partial charge < -0.3 is 4.74 Å². The van der Waals surface area contributed by atoms with Gasteiger partial charge in [0.2, 0.25) is 0 Å². The summed E-state index contributed by atoms with van der Waals surface area (Å²) in [5, 5.41) is 0. The second-order valence-electron chi connectivity index (χ2n) is 3.14. The van der Waals surface area contributed by atoms with Gasteiger partial charge in [0.25, 0.3) is 0 Å². The number of rotatable bonds is 1. The Balaban J connectivity index is 2.23. The fraction of sp³-hybridized carbons (Fsp3) is 0.300. The van der Waals surface area contributed by atoms with Crippen molar-refractivity contribution in [3.05, 3.63) is 30.3 Å². The summed E-state index contributed by atoms with van der Waals surface area (Å²) in [6, 6.07) is 9.55. The van der Waals surface area contributed by atoms with Crippen molar-refractivity contribution in [2.75, 3.05) is 11.4 Å². The van der Waals surface area contributed by atoms with Crippen LogP contribution in [0.15, 0.2) is 30.3 Å². The van der Waals surface area contributed by atoms with Crippen LogP contribution in [0.1, 0.15) is 6.92 Å². The lowest BCUT2D eigenvalue weighted by Gasteiger charge is -2.11. The quantitative estimate of drug-likeness (QED) is 0.656. The average molecular weight is 177 g/mol. The Hall–Kier alpha value is -1.51. The van der Waals surface area contributed by atoms with Gasteiger partial charge in [0.1, 0.15) is 6.10 Å². The molecule has 0 unspecified atom stereocenters. The molecule has 0 bridgehead atoms. The fourth-order valence-corrected chi connectivity index (χ4v) is 1.42. The predicted octanol–water partition coefficient (Wildman–Crippen LogP) is 2.03. The summed E-state index contributed by atoms with van der Waals surface area (Å²) in [4.78, 5) is 12.9. The van der Waals surface area contributed by atoms with E-state index in [1.807, 2.05) is 37.3 Å². The molecule has 0 spiro atoms. The Morgan fingerprint density at radius 2 is 2.08 bits per heavy atom. The first-order valence-corrected chi connectivity index (χ1v) is 4.30. The van der Waals surface area contributed by atoms with Crippen molar-refractivity contribution in [2.45, 2.75) is 13.0 Å². The van der Waals surface area contributed by atoms with Crippen molar-refractivity contribution in [2.24, 2.45) is 0 Å². The molecule has 3 heteroatoms. The van der Waals surface area contributed by atoms with E-state index in [9.17, 15) is 4.79 Å². The van der Waals surface area contributed by atoms with Gasteiger partial charge in [-0.05, 0) is 19.1 Å². The highest BCUT2D eigenvalue weighted by Gasteiger charge is 2.28. The number of benzene rings is 1. The monoisotopic (exact) mass is 177 g/mol. The summed E-state index contributed by atoms with van der Waals surface area (Å²) < 4.78 is 5.02. The maximum atomic E-state index is 11.3. The molecular formula is C10H11NO2. The van der Waals surface area contributed by atoms with E-state index < -0.39 is 0 Å². The van der Waals surface area contributed by atoms with Crippen LogP contribution in [0.5, 0.6) is 0 Å². The molecule has 1 aliphatic heterocycles. The third-order valence-electron chi connectivity index (χ3n) is 2.03. The molecule has 0 aliphatic carbocycles. The Morgan fingerprint density at radius 1 is 1.38 bits per heavy atom. The summed E-state index contributed by atoms with van der Waals surface area (Å²) in [5.41, 5.74) is 0.900. The van der Waals surface area contributed by atoms with Gasteiger partial charge in [-0.1, -0.05) is 18.2 Å². The van der Waals surface area contributed by atoms with Crippen molar-refractivity contribution >= 4 is 11.8 Å². The second-order valence-corrected chi connectivity index (χ2v) is 3.14. The summed E-state index contributed by atoms with van der Waals surface area (Å²) in [5.74, 6) is 0. The van der Waals surface area contributed by atoms with E-state index in [0.29, 0.717) is 6.54 Å². The van der Waals surface area contributed by atoms with Crippen LogP contribution < -0.4 is 4.90 Å². The smallest absolute Gasteiger partial charge is 0.414 e. The van der Waals surface area contributed by atoms with Gasteiger partial charge in [0, 0.05) is 5.69 Å². The molecular weight excluding hydrogens is 166 g/mol.